The molecule has 0 spiro atoms. The second-order valence-electron chi connectivity index (χ2n) is 6.76. The zero-order chi connectivity index (χ0) is 13.5. The predicted molar refractivity (Wildman–Crippen MR) is 83.4 cm³/mol. The molecule has 1 saturated carbocycles. The maximum atomic E-state index is 5.95. The maximum absolute atomic E-state index is 5.95. The zero-order valence-electron chi connectivity index (χ0n) is 12.4. The largest absolute Gasteiger partial charge is 0.376 e. The second-order valence-corrected chi connectivity index (χ2v) is 7.93. The molecule has 2 fully saturated rings. The van der Waals surface area contributed by atoms with Gasteiger partial charge in [0.2, 0.25) is 0 Å². The van der Waals surface area contributed by atoms with Gasteiger partial charge in [0.25, 0.3) is 0 Å². The molecule has 0 bridgehead atoms. The van der Waals surface area contributed by atoms with Crippen molar-refractivity contribution in [1.82, 2.24) is 5.32 Å². The fourth-order valence-corrected chi connectivity index (χ4v) is 5.08. The first-order valence-electron chi connectivity index (χ1n) is 8.30. The molecular weight excluding hydrogens is 266 g/mol. The molecule has 3 aliphatic rings. The fraction of sp³-hybridized carbons (Fsp3) is 0.765. The maximum Gasteiger partial charge on any atom is 0.0757 e. The zero-order valence-corrected chi connectivity index (χ0v) is 13.2. The minimum atomic E-state index is 0.485. The van der Waals surface area contributed by atoms with Gasteiger partial charge in [0.05, 0.1) is 6.10 Å². The first-order valence-corrected chi connectivity index (χ1v) is 9.12. The third kappa shape index (κ3) is 2.56. The van der Waals surface area contributed by atoms with E-state index in [0.717, 1.165) is 12.5 Å². The van der Waals surface area contributed by atoms with Crippen LogP contribution < -0.4 is 5.32 Å². The average Bonchev–Trinajstić information content (AvgIpc) is 3.04. The van der Waals surface area contributed by atoms with E-state index in [1.165, 1.54) is 44.9 Å². The quantitative estimate of drug-likeness (QED) is 0.910. The second kappa shape index (κ2) is 5.43. The Morgan fingerprint density at radius 3 is 2.90 bits per heavy atom. The summed E-state index contributed by atoms with van der Waals surface area (Å²) in [7, 11) is 0. The van der Waals surface area contributed by atoms with Crippen molar-refractivity contribution in [2.75, 3.05) is 6.61 Å². The van der Waals surface area contributed by atoms with Gasteiger partial charge in [0, 0.05) is 28.4 Å². The van der Waals surface area contributed by atoms with E-state index >= 15 is 0 Å². The van der Waals surface area contributed by atoms with Crippen LogP contribution in [-0.4, -0.2) is 18.8 Å². The number of hydrogen-bond donors (Lipinski definition) is 1. The average molecular weight is 291 g/mol. The Balaban J connectivity index is 1.44. The molecule has 0 aromatic carbocycles. The normalized spacial score (nSPS) is 31.2. The van der Waals surface area contributed by atoms with Gasteiger partial charge < -0.3 is 10.1 Å². The Bertz CT molecular complexity index is 456. The molecule has 1 aromatic rings. The molecular formula is C17H25NOS. The summed E-state index contributed by atoms with van der Waals surface area (Å²) in [6.45, 7) is 3.28. The predicted octanol–water partition coefficient (Wildman–Crippen LogP) is 3.85. The third-order valence-electron chi connectivity index (χ3n) is 5.13. The fourth-order valence-electron chi connectivity index (χ4n) is 3.81. The standard InChI is InChI=1S/C17H25NOS/c1-11(16-10-13-4-2-3-5-15(13)20-16)18-14-8-9-19-17(14)12-6-7-12/h10-12,14,17-18H,2-9H2,1H3. The minimum Gasteiger partial charge on any atom is -0.376 e. The van der Waals surface area contributed by atoms with Crippen molar-refractivity contribution < 1.29 is 4.74 Å². The lowest BCUT2D eigenvalue weighted by molar-refractivity contribution is 0.0793. The van der Waals surface area contributed by atoms with Crippen molar-refractivity contribution >= 4 is 11.3 Å². The number of ether oxygens (including phenoxy) is 1. The molecule has 2 heterocycles. The molecule has 20 heavy (non-hydrogen) atoms. The molecule has 0 radical (unpaired) electrons. The van der Waals surface area contributed by atoms with E-state index in [2.05, 4.69) is 18.3 Å². The summed E-state index contributed by atoms with van der Waals surface area (Å²) < 4.78 is 5.95. The number of nitrogens with one attached hydrogen (secondary N) is 1. The SMILES string of the molecule is CC(NC1CCOC1C1CC1)c1cc2c(s1)CCCC2. The van der Waals surface area contributed by atoms with Crippen LogP contribution in [0, 0.1) is 5.92 Å². The first kappa shape index (κ1) is 13.3. The molecule has 1 aliphatic heterocycles. The lowest BCUT2D eigenvalue weighted by Gasteiger charge is -2.23. The van der Waals surface area contributed by atoms with Crippen molar-refractivity contribution in [3.63, 3.8) is 0 Å². The number of hydrogen-bond acceptors (Lipinski definition) is 3. The van der Waals surface area contributed by atoms with Crippen molar-refractivity contribution in [3.8, 4) is 0 Å². The van der Waals surface area contributed by atoms with E-state index in [-0.39, 0.29) is 0 Å². The summed E-state index contributed by atoms with van der Waals surface area (Å²) in [6, 6.07) is 3.54. The Hall–Kier alpha value is -0.380. The Morgan fingerprint density at radius 1 is 1.25 bits per heavy atom. The van der Waals surface area contributed by atoms with Gasteiger partial charge in [0.15, 0.2) is 0 Å². The molecule has 2 nitrogen and oxygen atoms in total. The molecule has 3 unspecified atom stereocenters. The highest BCUT2D eigenvalue weighted by Gasteiger charge is 2.41. The number of rotatable bonds is 4. The van der Waals surface area contributed by atoms with Gasteiger partial charge in [-0.05, 0) is 69.4 Å². The van der Waals surface area contributed by atoms with Gasteiger partial charge in [0.1, 0.15) is 0 Å². The van der Waals surface area contributed by atoms with Crippen LogP contribution in [0.5, 0.6) is 0 Å². The molecule has 1 N–H and O–H groups in total. The van der Waals surface area contributed by atoms with Crippen LogP contribution in [0.25, 0.3) is 0 Å². The molecule has 3 heteroatoms. The van der Waals surface area contributed by atoms with Gasteiger partial charge in [-0.3, -0.25) is 0 Å². The molecule has 3 atom stereocenters. The summed E-state index contributed by atoms with van der Waals surface area (Å²) in [5.74, 6) is 0.846. The Kier molecular flexibility index (Phi) is 3.61. The molecule has 4 rings (SSSR count). The number of fused-ring (bicyclic) bond motifs is 1. The van der Waals surface area contributed by atoms with Gasteiger partial charge in [-0.25, -0.2) is 0 Å². The Labute approximate surface area is 125 Å². The molecule has 1 saturated heterocycles. The van der Waals surface area contributed by atoms with Crippen LogP contribution in [0.4, 0.5) is 0 Å². The van der Waals surface area contributed by atoms with Crippen LogP contribution in [0.3, 0.4) is 0 Å². The number of aryl methyl sites for hydroxylation is 2. The van der Waals surface area contributed by atoms with Gasteiger partial charge >= 0.3 is 0 Å². The summed E-state index contributed by atoms with van der Waals surface area (Å²) in [4.78, 5) is 3.19. The highest BCUT2D eigenvalue weighted by Crippen LogP contribution is 2.40. The lowest BCUT2D eigenvalue weighted by Crippen LogP contribution is -2.38. The summed E-state index contributed by atoms with van der Waals surface area (Å²) in [5, 5.41) is 3.86. The van der Waals surface area contributed by atoms with Crippen LogP contribution in [0.1, 0.15) is 60.4 Å². The molecule has 2 aliphatic carbocycles. The topological polar surface area (TPSA) is 21.3 Å². The Morgan fingerprint density at radius 2 is 2.10 bits per heavy atom. The van der Waals surface area contributed by atoms with Crippen molar-refractivity contribution in [3.05, 3.63) is 21.4 Å². The van der Waals surface area contributed by atoms with Crippen LogP contribution in [-0.2, 0) is 17.6 Å². The van der Waals surface area contributed by atoms with E-state index in [1.807, 2.05) is 11.3 Å². The van der Waals surface area contributed by atoms with Gasteiger partial charge in [-0.15, -0.1) is 11.3 Å². The lowest BCUT2D eigenvalue weighted by atomic mass is 9.98. The summed E-state index contributed by atoms with van der Waals surface area (Å²) in [5.41, 5.74) is 1.63. The van der Waals surface area contributed by atoms with Gasteiger partial charge in [-0.2, -0.15) is 0 Å². The van der Waals surface area contributed by atoms with E-state index < -0.39 is 0 Å². The van der Waals surface area contributed by atoms with Crippen LogP contribution >= 0.6 is 11.3 Å². The molecule has 0 amide bonds. The van der Waals surface area contributed by atoms with E-state index in [4.69, 9.17) is 4.74 Å². The van der Waals surface area contributed by atoms with Crippen molar-refractivity contribution in [1.29, 1.82) is 0 Å². The summed E-state index contributed by atoms with van der Waals surface area (Å²) >= 11 is 2.05. The summed E-state index contributed by atoms with van der Waals surface area (Å²) in [6.07, 6.45) is 9.82. The van der Waals surface area contributed by atoms with Gasteiger partial charge in [-0.1, -0.05) is 0 Å². The monoisotopic (exact) mass is 291 g/mol. The van der Waals surface area contributed by atoms with Crippen molar-refractivity contribution in [2.24, 2.45) is 5.92 Å². The molecule has 110 valence electrons. The third-order valence-corrected chi connectivity index (χ3v) is 6.55. The first-order chi connectivity index (χ1) is 9.81. The number of thiophene rings is 1. The van der Waals surface area contributed by atoms with E-state index in [0.29, 0.717) is 18.2 Å². The minimum absolute atomic E-state index is 0.485. The van der Waals surface area contributed by atoms with Crippen LogP contribution in [0.2, 0.25) is 0 Å². The smallest absolute Gasteiger partial charge is 0.0757 e. The molecule has 1 aromatic heterocycles. The van der Waals surface area contributed by atoms with Crippen LogP contribution in [0.15, 0.2) is 6.07 Å². The highest BCUT2D eigenvalue weighted by molar-refractivity contribution is 7.12. The van der Waals surface area contributed by atoms with E-state index in [1.54, 1.807) is 15.3 Å². The van der Waals surface area contributed by atoms with E-state index in [9.17, 15) is 0 Å². The van der Waals surface area contributed by atoms with Crippen molar-refractivity contribution in [2.45, 2.75) is 70.1 Å². The highest BCUT2D eigenvalue weighted by atomic mass is 32.1.